The Bertz CT molecular complexity index is 271. The Labute approximate surface area is 82.0 Å². The molecule has 0 fully saturated rings. The van der Waals surface area contributed by atoms with E-state index in [2.05, 4.69) is 5.32 Å². The van der Waals surface area contributed by atoms with Gasteiger partial charge >= 0.3 is 0 Å². The van der Waals surface area contributed by atoms with Crippen LogP contribution in [0.5, 0.6) is 0 Å². The van der Waals surface area contributed by atoms with Crippen molar-refractivity contribution in [3.05, 3.63) is 40.9 Å². The Hall–Kier alpha value is -0.660. The summed E-state index contributed by atoms with van der Waals surface area (Å²) in [7, 11) is 0. The van der Waals surface area contributed by atoms with Crippen molar-refractivity contribution < 1.29 is 0 Å². The molecule has 0 amide bonds. The normalized spacial score (nSPS) is 10.5. The van der Waals surface area contributed by atoms with E-state index in [-0.39, 0.29) is 0 Å². The van der Waals surface area contributed by atoms with Crippen molar-refractivity contribution in [3.8, 4) is 0 Å². The number of rotatable bonds is 3. The first kappa shape index (κ1) is 9.43. The zero-order valence-electron chi connectivity index (χ0n) is 6.43. The highest BCUT2D eigenvalue weighted by molar-refractivity contribution is 6.33. The van der Waals surface area contributed by atoms with Gasteiger partial charge in [-0.1, -0.05) is 41.4 Å². The predicted molar refractivity (Wildman–Crippen MR) is 54.9 cm³/mol. The number of hydrogen-bond acceptors (Lipinski definition) is 1. The van der Waals surface area contributed by atoms with E-state index in [0.717, 1.165) is 10.7 Å². The molecule has 64 valence electrons. The Balaban J connectivity index is 2.57. The number of nitrogens with one attached hydrogen (secondary N) is 1. The lowest BCUT2D eigenvalue weighted by atomic mass is 10.3. The van der Waals surface area contributed by atoms with E-state index >= 15 is 0 Å². The summed E-state index contributed by atoms with van der Waals surface area (Å²) < 4.78 is 0. The van der Waals surface area contributed by atoms with Gasteiger partial charge in [0.1, 0.15) is 0 Å². The summed E-state index contributed by atoms with van der Waals surface area (Å²) in [4.78, 5) is 0. The molecule has 0 heterocycles. The lowest BCUT2D eigenvalue weighted by molar-refractivity contribution is 1.34. The molecule has 1 rings (SSSR count). The lowest BCUT2D eigenvalue weighted by Crippen LogP contribution is -1.97. The maximum atomic E-state index is 5.88. The van der Waals surface area contributed by atoms with Gasteiger partial charge in [-0.05, 0) is 12.1 Å². The number of benzene rings is 1. The number of anilines is 1. The molecule has 1 nitrogen and oxygen atoms in total. The maximum Gasteiger partial charge on any atom is 0.0637 e. The second kappa shape index (κ2) is 5.07. The van der Waals surface area contributed by atoms with Crippen molar-refractivity contribution >= 4 is 28.9 Å². The van der Waals surface area contributed by atoms with Crippen LogP contribution in [0.15, 0.2) is 35.9 Å². The van der Waals surface area contributed by atoms with Crippen LogP contribution in [0.25, 0.3) is 0 Å². The van der Waals surface area contributed by atoms with E-state index in [9.17, 15) is 0 Å². The van der Waals surface area contributed by atoms with E-state index < -0.39 is 0 Å². The van der Waals surface area contributed by atoms with Gasteiger partial charge in [0.05, 0.1) is 10.7 Å². The van der Waals surface area contributed by atoms with Gasteiger partial charge in [0.2, 0.25) is 0 Å². The minimum Gasteiger partial charge on any atom is -0.380 e. The van der Waals surface area contributed by atoms with Crippen molar-refractivity contribution in [2.45, 2.75) is 0 Å². The smallest absolute Gasteiger partial charge is 0.0637 e. The largest absolute Gasteiger partial charge is 0.380 e. The van der Waals surface area contributed by atoms with E-state index in [1.165, 1.54) is 5.54 Å². The minimum atomic E-state index is 0.688. The van der Waals surface area contributed by atoms with Crippen LogP contribution >= 0.6 is 23.2 Å². The van der Waals surface area contributed by atoms with Crippen LogP contribution in [0.3, 0.4) is 0 Å². The molecule has 3 heteroatoms. The van der Waals surface area contributed by atoms with E-state index in [4.69, 9.17) is 23.2 Å². The van der Waals surface area contributed by atoms with Gasteiger partial charge in [0.15, 0.2) is 0 Å². The third kappa shape index (κ3) is 2.76. The fraction of sp³-hybridized carbons (Fsp3) is 0.111. The summed E-state index contributed by atoms with van der Waals surface area (Å²) >= 11 is 11.2. The maximum absolute atomic E-state index is 5.88. The fourth-order valence-corrected chi connectivity index (χ4v) is 1.11. The molecule has 1 N–H and O–H groups in total. The summed E-state index contributed by atoms with van der Waals surface area (Å²) in [5.74, 6) is 0. The van der Waals surface area contributed by atoms with Gasteiger partial charge in [-0.15, -0.1) is 0 Å². The molecule has 1 aromatic rings. The molecule has 0 radical (unpaired) electrons. The Morgan fingerprint density at radius 1 is 1.33 bits per heavy atom. The second-order valence-electron chi connectivity index (χ2n) is 2.22. The molecule has 0 bridgehead atoms. The average Bonchev–Trinajstić information content (AvgIpc) is 2.09. The minimum absolute atomic E-state index is 0.688. The van der Waals surface area contributed by atoms with E-state index in [0.29, 0.717) is 6.54 Å². The SMILES string of the molecule is Cl/C=C/CNc1ccccc1Cl. The summed E-state index contributed by atoms with van der Waals surface area (Å²) in [6, 6.07) is 7.59. The standard InChI is InChI=1S/C9H9Cl2N/c10-6-3-7-12-9-5-2-1-4-8(9)11/h1-6,12H,7H2/b6-3+. The molecule has 0 aromatic heterocycles. The zero-order chi connectivity index (χ0) is 8.81. The van der Waals surface area contributed by atoms with Gasteiger partial charge in [-0.2, -0.15) is 0 Å². The van der Waals surface area contributed by atoms with Crippen LogP contribution in [0.4, 0.5) is 5.69 Å². The first-order chi connectivity index (χ1) is 5.84. The molecule has 0 spiro atoms. The van der Waals surface area contributed by atoms with Gasteiger partial charge in [0.25, 0.3) is 0 Å². The Kier molecular flexibility index (Phi) is 3.98. The van der Waals surface area contributed by atoms with Crippen LogP contribution in [-0.4, -0.2) is 6.54 Å². The number of para-hydroxylation sites is 1. The highest BCUT2D eigenvalue weighted by Gasteiger charge is 1.94. The monoisotopic (exact) mass is 201 g/mol. The van der Waals surface area contributed by atoms with Crippen molar-refractivity contribution in [1.82, 2.24) is 0 Å². The van der Waals surface area contributed by atoms with Crippen molar-refractivity contribution in [1.29, 1.82) is 0 Å². The first-order valence-corrected chi connectivity index (χ1v) is 4.39. The third-order valence-electron chi connectivity index (χ3n) is 1.37. The molecule has 0 atom stereocenters. The average molecular weight is 202 g/mol. The van der Waals surface area contributed by atoms with E-state index in [1.54, 1.807) is 0 Å². The molecule has 1 aromatic carbocycles. The molecule has 0 unspecified atom stereocenters. The molecule has 0 aliphatic carbocycles. The van der Waals surface area contributed by atoms with Gasteiger partial charge in [-0.25, -0.2) is 0 Å². The highest BCUT2D eigenvalue weighted by atomic mass is 35.5. The molecule has 0 aliphatic heterocycles. The molecular formula is C9H9Cl2N. The predicted octanol–water partition coefficient (Wildman–Crippen LogP) is 3.50. The van der Waals surface area contributed by atoms with Crippen LogP contribution < -0.4 is 5.32 Å². The van der Waals surface area contributed by atoms with E-state index in [1.807, 2.05) is 30.3 Å². The molecule has 0 saturated carbocycles. The fourth-order valence-electron chi connectivity index (χ4n) is 0.818. The Morgan fingerprint density at radius 3 is 2.75 bits per heavy atom. The third-order valence-corrected chi connectivity index (χ3v) is 1.88. The van der Waals surface area contributed by atoms with Crippen molar-refractivity contribution in [2.24, 2.45) is 0 Å². The van der Waals surface area contributed by atoms with Gasteiger partial charge < -0.3 is 5.32 Å². The summed E-state index contributed by atoms with van der Waals surface area (Å²) in [5, 5.41) is 3.83. The van der Waals surface area contributed by atoms with Crippen LogP contribution in [0, 0.1) is 0 Å². The lowest BCUT2D eigenvalue weighted by Gasteiger charge is -2.03. The van der Waals surface area contributed by atoms with Crippen LogP contribution in [0.2, 0.25) is 5.02 Å². The quantitative estimate of drug-likeness (QED) is 0.790. The first-order valence-electron chi connectivity index (χ1n) is 3.58. The van der Waals surface area contributed by atoms with Crippen molar-refractivity contribution in [2.75, 3.05) is 11.9 Å². The van der Waals surface area contributed by atoms with Crippen molar-refractivity contribution in [3.63, 3.8) is 0 Å². The zero-order valence-corrected chi connectivity index (χ0v) is 7.94. The second-order valence-corrected chi connectivity index (χ2v) is 2.88. The number of halogens is 2. The molecule has 12 heavy (non-hydrogen) atoms. The van der Waals surface area contributed by atoms with Crippen LogP contribution in [0.1, 0.15) is 0 Å². The summed E-state index contributed by atoms with van der Waals surface area (Å²) in [6.07, 6.45) is 1.81. The molecule has 0 aliphatic rings. The van der Waals surface area contributed by atoms with Gasteiger partial charge in [-0.3, -0.25) is 0 Å². The molecule has 0 saturated heterocycles. The Morgan fingerprint density at radius 2 is 2.08 bits per heavy atom. The van der Waals surface area contributed by atoms with Crippen LogP contribution in [-0.2, 0) is 0 Å². The molecular weight excluding hydrogens is 193 g/mol. The highest BCUT2D eigenvalue weighted by Crippen LogP contribution is 2.19. The number of hydrogen-bond donors (Lipinski definition) is 1. The topological polar surface area (TPSA) is 12.0 Å². The summed E-state index contributed by atoms with van der Waals surface area (Å²) in [5.41, 5.74) is 2.40. The summed E-state index contributed by atoms with van der Waals surface area (Å²) in [6.45, 7) is 0.688. The van der Waals surface area contributed by atoms with Gasteiger partial charge in [0, 0.05) is 12.1 Å².